The number of benzene rings is 2. The molecule has 0 atom stereocenters. The van der Waals surface area contributed by atoms with Crippen molar-refractivity contribution in [3.05, 3.63) is 68.7 Å². The second-order valence-electron chi connectivity index (χ2n) is 5.42. The molecule has 1 amide bonds. The number of hydrogen-bond acceptors (Lipinski definition) is 5. The molecule has 2 aromatic rings. The normalized spacial score (nSPS) is 12.6. The minimum absolute atomic E-state index is 0.0364. The quantitative estimate of drug-likeness (QED) is 0.475. The van der Waals surface area contributed by atoms with Crippen molar-refractivity contribution in [2.75, 3.05) is 18.1 Å². The van der Waals surface area contributed by atoms with Crippen LogP contribution in [0.2, 0.25) is 5.02 Å². The number of ether oxygens (including phenoxy) is 1. The summed E-state index contributed by atoms with van der Waals surface area (Å²) in [6.07, 6.45) is 0.749. The molecule has 0 spiro atoms. The number of nitro benzene ring substituents is 1. The van der Waals surface area contributed by atoms with Crippen molar-refractivity contribution in [3.63, 3.8) is 0 Å². The van der Waals surface area contributed by atoms with Gasteiger partial charge in [-0.25, -0.2) is 4.79 Å². The van der Waals surface area contributed by atoms with Crippen molar-refractivity contribution in [2.24, 2.45) is 0 Å². The summed E-state index contributed by atoms with van der Waals surface area (Å²) in [6, 6.07) is 11.1. The van der Waals surface area contributed by atoms with Gasteiger partial charge in [0.05, 0.1) is 10.5 Å². The van der Waals surface area contributed by atoms with Gasteiger partial charge in [-0.3, -0.25) is 14.9 Å². The minimum Gasteiger partial charge on any atom is -0.452 e. The van der Waals surface area contributed by atoms with Crippen LogP contribution in [0.15, 0.2) is 42.5 Å². The Balaban J connectivity index is 1.66. The highest BCUT2D eigenvalue weighted by Gasteiger charge is 2.25. The lowest BCUT2D eigenvalue weighted by molar-refractivity contribution is -0.384. The van der Waals surface area contributed by atoms with Crippen LogP contribution in [-0.2, 0) is 16.0 Å². The molecule has 1 heterocycles. The van der Waals surface area contributed by atoms with Gasteiger partial charge in [-0.2, -0.15) is 0 Å². The highest BCUT2D eigenvalue weighted by molar-refractivity contribution is 6.32. The van der Waals surface area contributed by atoms with Crippen LogP contribution in [-0.4, -0.2) is 30.0 Å². The smallest absolute Gasteiger partial charge is 0.338 e. The number of carbonyl (C=O) groups excluding carboxylic acids is 2. The van der Waals surface area contributed by atoms with Crippen LogP contribution in [0.1, 0.15) is 15.9 Å². The Morgan fingerprint density at radius 1 is 1.24 bits per heavy atom. The van der Waals surface area contributed by atoms with Crippen molar-refractivity contribution >= 4 is 34.9 Å². The Labute approximate surface area is 147 Å². The maximum absolute atomic E-state index is 12.3. The maximum atomic E-state index is 12.3. The first kappa shape index (κ1) is 16.9. The van der Waals surface area contributed by atoms with Gasteiger partial charge in [-0.05, 0) is 30.2 Å². The minimum atomic E-state index is -0.819. The molecule has 1 aliphatic rings. The van der Waals surface area contributed by atoms with Crippen molar-refractivity contribution in [2.45, 2.75) is 6.42 Å². The standard InChI is InChI=1S/C17H13ClN2O5/c18-13-6-5-12(9-15(13)20(23)24)17(22)25-10-16(21)19-8-7-11-3-1-2-4-14(11)19/h1-6,9H,7-8,10H2. The summed E-state index contributed by atoms with van der Waals surface area (Å²) < 4.78 is 5.00. The number of anilines is 1. The molecule has 1 aliphatic heterocycles. The Morgan fingerprint density at radius 2 is 2.00 bits per heavy atom. The van der Waals surface area contributed by atoms with E-state index in [1.807, 2.05) is 24.3 Å². The molecule has 0 saturated carbocycles. The summed E-state index contributed by atoms with van der Waals surface area (Å²) >= 11 is 5.70. The van der Waals surface area contributed by atoms with Gasteiger partial charge in [0, 0.05) is 18.3 Å². The van der Waals surface area contributed by atoms with E-state index in [1.165, 1.54) is 12.1 Å². The summed E-state index contributed by atoms with van der Waals surface area (Å²) in [5.74, 6) is -1.16. The Bertz CT molecular complexity index is 868. The van der Waals surface area contributed by atoms with Gasteiger partial charge in [-0.1, -0.05) is 29.8 Å². The number of fused-ring (bicyclic) bond motifs is 1. The molecule has 7 nitrogen and oxygen atoms in total. The number of halogens is 1. The molecule has 0 fully saturated rings. The molecule has 0 aliphatic carbocycles. The third-order valence-electron chi connectivity index (χ3n) is 3.89. The number of esters is 1. The molecule has 128 valence electrons. The fourth-order valence-corrected chi connectivity index (χ4v) is 2.85. The van der Waals surface area contributed by atoms with Crippen molar-refractivity contribution in [3.8, 4) is 0 Å². The van der Waals surface area contributed by atoms with Gasteiger partial charge in [0.15, 0.2) is 6.61 Å². The molecule has 0 unspecified atom stereocenters. The van der Waals surface area contributed by atoms with Crippen molar-refractivity contribution < 1.29 is 19.2 Å². The summed E-state index contributed by atoms with van der Waals surface area (Å²) in [7, 11) is 0. The number of nitro groups is 1. The lowest BCUT2D eigenvalue weighted by atomic mass is 10.2. The van der Waals surface area contributed by atoms with E-state index in [-0.39, 0.29) is 16.5 Å². The SMILES string of the molecule is O=C(OCC(=O)N1CCc2ccccc21)c1ccc(Cl)c([N+](=O)[O-])c1. The number of carbonyl (C=O) groups is 2. The predicted octanol–water partition coefficient (Wildman–Crippen LogP) is 2.99. The molecule has 0 saturated heterocycles. The summed E-state index contributed by atoms with van der Waals surface area (Å²) in [4.78, 5) is 36.1. The monoisotopic (exact) mass is 360 g/mol. The van der Waals surface area contributed by atoms with Crippen LogP contribution in [0.5, 0.6) is 0 Å². The van der Waals surface area contributed by atoms with Gasteiger partial charge in [-0.15, -0.1) is 0 Å². The zero-order valence-corrected chi connectivity index (χ0v) is 13.7. The number of hydrogen-bond donors (Lipinski definition) is 0. The largest absolute Gasteiger partial charge is 0.452 e. The zero-order chi connectivity index (χ0) is 18.0. The molecule has 2 aromatic carbocycles. The maximum Gasteiger partial charge on any atom is 0.338 e. The molecular formula is C17H13ClN2O5. The van der Waals surface area contributed by atoms with Crippen LogP contribution in [0.25, 0.3) is 0 Å². The number of rotatable bonds is 4. The second kappa shape index (κ2) is 6.90. The summed E-state index contributed by atoms with van der Waals surface area (Å²) in [5.41, 5.74) is 1.45. The lowest BCUT2D eigenvalue weighted by Gasteiger charge is -2.17. The predicted molar refractivity (Wildman–Crippen MR) is 90.9 cm³/mol. The molecule has 8 heteroatoms. The highest BCUT2D eigenvalue weighted by atomic mass is 35.5. The first-order chi connectivity index (χ1) is 12.0. The first-order valence-electron chi connectivity index (χ1n) is 7.46. The molecule has 25 heavy (non-hydrogen) atoms. The van der Waals surface area contributed by atoms with Crippen LogP contribution in [0.4, 0.5) is 11.4 Å². The average Bonchev–Trinajstić information content (AvgIpc) is 3.03. The fraction of sp³-hybridized carbons (Fsp3) is 0.176. The molecule has 0 radical (unpaired) electrons. The Kier molecular flexibility index (Phi) is 4.67. The summed E-state index contributed by atoms with van der Waals surface area (Å²) in [6.45, 7) is 0.0890. The third-order valence-corrected chi connectivity index (χ3v) is 4.21. The zero-order valence-electron chi connectivity index (χ0n) is 13.0. The van der Waals surface area contributed by atoms with E-state index in [0.717, 1.165) is 23.7 Å². The summed E-state index contributed by atoms with van der Waals surface area (Å²) in [5, 5.41) is 10.8. The molecule has 0 N–H and O–H groups in total. The molecule has 0 aromatic heterocycles. The van der Waals surface area contributed by atoms with Crippen molar-refractivity contribution in [1.29, 1.82) is 0 Å². The van der Waals surface area contributed by atoms with Crippen molar-refractivity contribution in [1.82, 2.24) is 0 Å². The average molecular weight is 361 g/mol. The van der Waals surface area contributed by atoms with Crippen LogP contribution >= 0.6 is 11.6 Å². The molecule has 3 rings (SSSR count). The highest BCUT2D eigenvalue weighted by Crippen LogP contribution is 2.28. The molecule has 0 bridgehead atoms. The van der Waals surface area contributed by atoms with Crippen LogP contribution in [0, 0.1) is 10.1 Å². The van der Waals surface area contributed by atoms with Gasteiger partial charge in [0.1, 0.15) is 5.02 Å². The molecular weight excluding hydrogens is 348 g/mol. The van der Waals surface area contributed by atoms with E-state index >= 15 is 0 Å². The van der Waals surface area contributed by atoms with Crippen LogP contribution < -0.4 is 4.90 Å². The van der Waals surface area contributed by atoms with Gasteiger partial charge >= 0.3 is 5.97 Å². The Hall–Kier alpha value is -2.93. The van der Waals surface area contributed by atoms with Crippen LogP contribution in [0.3, 0.4) is 0 Å². The second-order valence-corrected chi connectivity index (χ2v) is 5.83. The first-order valence-corrected chi connectivity index (χ1v) is 7.84. The van der Waals surface area contributed by atoms with Gasteiger partial charge in [0.2, 0.25) is 0 Å². The van der Waals surface area contributed by atoms with E-state index in [2.05, 4.69) is 0 Å². The number of para-hydroxylation sites is 1. The van der Waals surface area contributed by atoms with E-state index in [1.54, 1.807) is 4.90 Å². The van der Waals surface area contributed by atoms with Gasteiger partial charge in [0.25, 0.3) is 11.6 Å². The fourth-order valence-electron chi connectivity index (χ4n) is 2.67. The number of amides is 1. The van der Waals surface area contributed by atoms with E-state index < -0.39 is 23.2 Å². The third kappa shape index (κ3) is 3.46. The van der Waals surface area contributed by atoms with E-state index in [9.17, 15) is 19.7 Å². The Morgan fingerprint density at radius 3 is 2.76 bits per heavy atom. The van der Waals surface area contributed by atoms with E-state index in [4.69, 9.17) is 16.3 Å². The number of nitrogens with zero attached hydrogens (tertiary/aromatic N) is 2. The lowest BCUT2D eigenvalue weighted by Crippen LogP contribution is -2.33. The van der Waals surface area contributed by atoms with Gasteiger partial charge < -0.3 is 9.64 Å². The topological polar surface area (TPSA) is 89.8 Å². The van der Waals surface area contributed by atoms with E-state index in [0.29, 0.717) is 6.54 Å².